The van der Waals surface area contributed by atoms with Gasteiger partial charge in [0.25, 0.3) is 0 Å². The summed E-state index contributed by atoms with van der Waals surface area (Å²) in [6, 6.07) is 7.23. The van der Waals surface area contributed by atoms with Crippen LogP contribution in [0.3, 0.4) is 0 Å². The smallest absolute Gasteiger partial charge is 0.123 e. The van der Waals surface area contributed by atoms with Crippen molar-refractivity contribution in [2.45, 2.75) is 52.6 Å². The van der Waals surface area contributed by atoms with E-state index >= 15 is 0 Å². The highest BCUT2D eigenvalue weighted by molar-refractivity contribution is 5.15. The lowest BCUT2D eigenvalue weighted by Gasteiger charge is -2.14. The van der Waals surface area contributed by atoms with E-state index in [1.54, 1.807) is 0 Å². The zero-order chi connectivity index (χ0) is 12.7. The highest BCUT2D eigenvalue weighted by atomic mass is 19.1. The number of rotatable bonds is 7. The molecule has 0 amide bonds. The van der Waals surface area contributed by atoms with E-state index in [2.05, 4.69) is 26.1 Å². The Balaban J connectivity index is 2.19. The number of nitrogens with one attached hydrogen (secondary N) is 1. The average Bonchev–Trinajstić information content (AvgIpc) is 2.28. The fourth-order valence-corrected chi connectivity index (χ4v) is 1.83. The van der Waals surface area contributed by atoms with Gasteiger partial charge in [-0.25, -0.2) is 4.39 Å². The molecule has 0 saturated heterocycles. The normalized spacial score (nSPS) is 13.0. The van der Waals surface area contributed by atoms with Crippen molar-refractivity contribution in [2.75, 3.05) is 0 Å². The zero-order valence-electron chi connectivity index (χ0n) is 11.2. The second kappa shape index (κ2) is 7.44. The van der Waals surface area contributed by atoms with Gasteiger partial charge in [-0.2, -0.15) is 0 Å². The fourth-order valence-electron chi connectivity index (χ4n) is 1.83. The third-order valence-electron chi connectivity index (χ3n) is 2.99. The number of hydrogen-bond acceptors (Lipinski definition) is 1. The molecule has 1 unspecified atom stereocenters. The molecule has 0 saturated carbocycles. The van der Waals surface area contributed by atoms with Crippen molar-refractivity contribution in [1.29, 1.82) is 0 Å². The minimum Gasteiger partial charge on any atom is -0.310 e. The molecule has 1 rings (SSSR count). The van der Waals surface area contributed by atoms with E-state index in [0.717, 1.165) is 18.0 Å². The molecule has 1 nitrogen and oxygen atoms in total. The van der Waals surface area contributed by atoms with Crippen molar-refractivity contribution in [3.05, 3.63) is 35.6 Å². The Morgan fingerprint density at radius 1 is 1.06 bits per heavy atom. The van der Waals surface area contributed by atoms with Gasteiger partial charge in [0.15, 0.2) is 0 Å². The van der Waals surface area contributed by atoms with Crippen LogP contribution in [0.5, 0.6) is 0 Å². The Hall–Kier alpha value is -0.890. The van der Waals surface area contributed by atoms with E-state index in [0.29, 0.717) is 6.04 Å². The van der Waals surface area contributed by atoms with Crippen LogP contribution in [0.1, 0.15) is 45.6 Å². The lowest BCUT2D eigenvalue weighted by molar-refractivity contribution is 0.457. The molecule has 0 radical (unpaired) electrons. The fraction of sp³-hybridized carbons (Fsp3) is 0.600. The standard InChI is InChI=1S/C15H24FN/c1-12(2)5-4-6-13(3)17-11-14-7-9-15(16)10-8-14/h7-10,12-13,17H,4-6,11H2,1-3H3. The van der Waals surface area contributed by atoms with Gasteiger partial charge in [-0.15, -0.1) is 0 Å². The monoisotopic (exact) mass is 237 g/mol. The Bertz CT molecular complexity index is 305. The quantitative estimate of drug-likeness (QED) is 0.752. The molecule has 0 aliphatic rings. The molecule has 0 aliphatic carbocycles. The van der Waals surface area contributed by atoms with Crippen LogP contribution in [0, 0.1) is 11.7 Å². The van der Waals surface area contributed by atoms with E-state index in [-0.39, 0.29) is 5.82 Å². The molecule has 1 aromatic carbocycles. The van der Waals surface area contributed by atoms with Crippen LogP contribution in [0.2, 0.25) is 0 Å². The van der Waals surface area contributed by atoms with Gasteiger partial charge in [-0.3, -0.25) is 0 Å². The summed E-state index contributed by atoms with van der Waals surface area (Å²) in [6.45, 7) is 7.56. The molecule has 0 aromatic heterocycles. The van der Waals surface area contributed by atoms with Crippen molar-refractivity contribution in [3.8, 4) is 0 Å². The van der Waals surface area contributed by atoms with E-state index in [1.807, 2.05) is 12.1 Å². The van der Waals surface area contributed by atoms with Crippen LogP contribution >= 0.6 is 0 Å². The predicted molar refractivity (Wildman–Crippen MR) is 71.4 cm³/mol. The zero-order valence-corrected chi connectivity index (χ0v) is 11.2. The van der Waals surface area contributed by atoms with E-state index in [4.69, 9.17) is 0 Å². The van der Waals surface area contributed by atoms with Gasteiger partial charge in [0, 0.05) is 12.6 Å². The summed E-state index contributed by atoms with van der Waals surface area (Å²) < 4.78 is 12.7. The first kappa shape index (κ1) is 14.2. The molecule has 0 spiro atoms. The van der Waals surface area contributed by atoms with Gasteiger partial charge in [0.1, 0.15) is 5.82 Å². The van der Waals surface area contributed by atoms with Gasteiger partial charge in [-0.05, 0) is 37.0 Å². The molecule has 96 valence electrons. The maximum atomic E-state index is 12.7. The van der Waals surface area contributed by atoms with Crippen molar-refractivity contribution in [3.63, 3.8) is 0 Å². The van der Waals surface area contributed by atoms with Gasteiger partial charge >= 0.3 is 0 Å². The minimum absolute atomic E-state index is 0.168. The average molecular weight is 237 g/mol. The van der Waals surface area contributed by atoms with Crippen LogP contribution in [-0.4, -0.2) is 6.04 Å². The summed E-state index contributed by atoms with van der Waals surface area (Å²) in [6.07, 6.45) is 3.77. The maximum absolute atomic E-state index is 12.7. The first-order chi connectivity index (χ1) is 8.08. The molecule has 1 aromatic rings. The second-order valence-electron chi connectivity index (χ2n) is 5.23. The van der Waals surface area contributed by atoms with Gasteiger partial charge in [0.05, 0.1) is 0 Å². The molecular weight excluding hydrogens is 213 g/mol. The SMILES string of the molecule is CC(C)CCCC(C)NCc1ccc(F)cc1. The van der Waals surface area contributed by atoms with Crippen molar-refractivity contribution in [2.24, 2.45) is 5.92 Å². The predicted octanol–water partition coefficient (Wildman–Crippen LogP) is 4.13. The van der Waals surface area contributed by atoms with Crippen molar-refractivity contribution >= 4 is 0 Å². The molecule has 2 heteroatoms. The topological polar surface area (TPSA) is 12.0 Å². The van der Waals surface area contributed by atoms with Crippen LogP contribution in [-0.2, 0) is 6.54 Å². The molecule has 1 N–H and O–H groups in total. The Kier molecular flexibility index (Phi) is 6.20. The van der Waals surface area contributed by atoms with E-state index in [1.165, 1.54) is 31.4 Å². The summed E-state index contributed by atoms with van der Waals surface area (Å²) in [5.74, 6) is 0.623. The summed E-state index contributed by atoms with van der Waals surface area (Å²) >= 11 is 0. The third-order valence-corrected chi connectivity index (χ3v) is 2.99. The maximum Gasteiger partial charge on any atom is 0.123 e. The van der Waals surface area contributed by atoms with Gasteiger partial charge in [0.2, 0.25) is 0 Å². The molecule has 0 bridgehead atoms. The van der Waals surface area contributed by atoms with Crippen molar-refractivity contribution < 1.29 is 4.39 Å². The van der Waals surface area contributed by atoms with Crippen LogP contribution < -0.4 is 5.32 Å². The Morgan fingerprint density at radius 2 is 1.71 bits per heavy atom. The summed E-state index contributed by atoms with van der Waals surface area (Å²) in [4.78, 5) is 0. The summed E-state index contributed by atoms with van der Waals surface area (Å²) in [5, 5.41) is 3.47. The van der Waals surface area contributed by atoms with Gasteiger partial charge < -0.3 is 5.32 Å². The Labute approximate surface area is 104 Å². The molecule has 17 heavy (non-hydrogen) atoms. The first-order valence-electron chi connectivity index (χ1n) is 6.55. The Morgan fingerprint density at radius 3 is 2.29 bits per heavy atom. The third kappa shape index (κ3) is 6.42. The van der Waals surface area contributed by atoms with Crippen molar-refractivity contribution in [1.82, 2.24) is 5.32 Å². The lowest BCUT2D eigenvalue weighted by Crippen LogP contribution is -2.25. The minimum atomic E-state index is -0.168. The van der Waals surface area contributed by atoms with E-state index < -0.39 is 0 Å². The largest absolute Gasteiger partial charge is 0.310 e. The molecule has 0 aliphatic heterocycles. The first-order valence-corrected chi connectivity index (χ1v) is 6.55. The molecule has 0 heterocycles. The van der Waals surface area contributed by atoms with Crippen LogP contribution in [0.25, 0.3) is 0 Å². The van der Waals surface area contributed by atoms with E-state index in [9.17, 15) is 4.39 Å². The number of benzene rings is 1. The number of halogens is 1. The van der Waals surface area contributed by atoms with Crippen LogP contribution in [0.4, 0.5) is 4.39 Å². The summed E-state index contributed by atoms with van der Waals surface area (Å²) in [5.41, 5.74) is 1.14. The summed E-state index contributed by atoms with van der Waals surface area (Å²) in [7, 11) is 0. The van der Waals surface area contributed by atoms with Gasteiger partial charge in [-0.1, -0.05) is 38.8 Å². The second-order valence-corrected chi connectivity index (χ2v) is 5.23. The highest BCUT2D eigenvalue weighted by Crippen LogP contribution is 2.09. The van der Waals surface area contributed by atoms with Crippen LogP contribution in [0.15, 0.2) is 24.3 Å². The molecule has 0 fully saturated rings. The lowest BCUT2D eigenvalue weighted by atomic mass is 10.0. The molecule has 1 atom stereocenters. The highest BCUT2D eigenvalue weighted by Gasteiger charge is 2.02. The number of hydrogen-bond donors (Lipinski definition) is 1. The molecular formula is C15H24FN.